The zero-order chi connectivity index (χ0) is 16.2. The molecule has 2 aromatic rings. The number of aliphatic hydroxyl groups excluding tert-OH is 1. The minimum atomic E-state index is 0.108. The van der Waals surface area contributed by atoms with Crippen LogP contribution in [-0.2, 0) is 13.1 Å². The first kappa shape index (κ1) is 16.7. The molecule has 0 aromatic carbocycles. The summed E-state index contributed by atoms with van der Waals surface area (Å²) in [5.41, 5.74) is 2.03. The smallest absolute Gasteiger partial charge is 0.0668 e. The number of hydrogen-bond donors (Lipinski definition) is 1. The van der Waals surface area contributed by atoms with Gasteiger partial charge in [0.25, 0.3) is 0 Å². The molecule has 0 spiro atoms. The van der Waals surface area contributed by atoms with Crippen LogP contribution in [0.3, 0.4) is 0 Å². The van der Waals surface area contributed by atoms with E-state index in [1.54, 1.807) is 17.1 Å². The van der Waals surface area contributed by atoms with Gasteiger partial charge < -0.3 is 5.11 Å². The monoisotopic (exact) mass is 354 g/mol. The highest BCUT2D eigenvalue weighted by atomic mass is 35.5. The molecule has 124 valence electrons. The molecule has 1 fully saturated rings. The van der Waals surface area contributed by atoms with Gasteiger partial charge in [0.1, 0.15) is 0 Å². The lowest BCUT2D eigenvalue weighted by Crippen LogP contribution is -2.34. The number of halogens is 2. The first-order chi connectivity index (χ1) is 11.2. The van der Waals surface area contributed by atoms with Gasteiger partial charge in [-0.05, 0) is 25.5 Å². The lowest BCUT2D eigenvalue weighted by molar-refractivity contribution is 0.197. The third kappa shape index (κ3) is 4.04. The van der Waals surface area contributed by atoms with Crippen LogP contribution in [0.4, 0.5) is 0 Å². The number of aromatic nitrogens is 3. The van der Waals surface area contributed by atoms with Crippen molar-refractivity contribution >= 4 is 23.2 Å². The van der Waals surface area contributed by atoms with Crippen LogP contribution in [0.25, 0.3) is 0 Å². The number of rotatable bonds is 5. The number of nitrogens with zero attached hydrogens (tertiary/aromatic N) is 4. The Bertz CT molecular complexity index is 641. The molecule has 3 heterocycles. The SMILES string of the molecule is OCCn1ccc(C2CCCN(Cc3c(Cl)cncc3Cl)C2)n1. The van der Waals surface area contributed by atoms with E-state index in [1.165, 1.54) is 0 Å². The zero-order valence-corrected chi connectivity index (χ0v) is 14.3. The second-order valence-corrected chi connectivity index (χ2v) is 6.70. The number of hydrogen-bond acceptors (Lipinski definition) is 4. The van der Waals surface area contributed by atoms with Crippen molar-refractivity contribution in [2.75, 3.05) is 19.7 Å². The maximum absolute atomic E-state index is 9.00. The Labute approximate surface area is 145 Å². The summed E-state index contributed by atoms with van der Waals surface area (Å²) in [7, 11) is 0. The fraction of sp³-hybridized carbons (Fsp3) is 0.500. The first-order valence-corrected chi connectivity index (χ1v) is 8.57. The van der Waals surface area contributed by atoms with Gasteiger partial charge in [0.2, 0.25) is 0 Å². The van der Waals surface area contributed by atoms with E-state index in [0.29, 0.717) is 22.5 Å². The summed E-state index contributed by atoms with van der Waals surface area (Å²) < 4.78 is 1.80. The van der Waals surface area contributed by atoms with Gasteiger partial charge in [0.05, 0.1) is 28.9 Å². The van der Waals surface area contributed by atoms with Gasteiger partial charge >= 0.3 is 0 Å². The average molecular weight is 355 g/mol. The Balaban J connectivity index is 1.68. The van der Waals surface area contributed by atoms with Crippen LogP contribution in [0.2, 0.25) is 10.0 Å². The van der Waals surface area contributed by atoms with Gasteiger partial charge in [-0.1, -0.05) is 23.2 Å². The van der Waals surface area contributed by atoms with Crippen molar-refractivity contribution in [1.82, 2.24) is 19.7 Å². The summed E-state index contributed by atoms with van der Waals surface area (Å²) >= 11 is 12.5. The standard InChI is InChI=1S/C16H20Cl2N4O/c17-14-8-19-9-15(18)13(14)11-21-4-1-2-12(10-21)16-3-5-22(20-16)6-7-23/h3,5,8-9,12,23H,1-2,4,6-7,10-11H2. The summed E-state index contributed by atoms with van der Waals surface area (Å²) in [6, 6.07) is 2.05. The van der Waals surface area contributed by atoms with Gasteiger partial charge in [-0.15, -0.1) is 0 Å². The molecule has 1 N–H and O–H groups in total. The van der Waals surface area contributed by atoms with Crippen LogP contribution < -0.4 is 0 Å². The molecule has 0 saturated carbocycles. The zero-order valence-electron chi connectivity index (χ0n) is 12.8. The van der Waals surface area contributed by atoms with E-state index in [9.17, 15) is 0 Å². The third-order valence-corrected chi connectivity index (χ3v) is 4.90. The maximum atomic E-state index is 9.00. The van der Waals surface area contributed by atoms with Crippen molar-refractivity contribution < 1.29 is 5.11 Å². The van der Waals surface area contributed by atoms with E-state index in [1.807, 2.05) is 6.20 Å². The molecule has 0 aliphatic carbocycles. The van der Waals surface area contributed by atoms with Gasteiger partial charge in [-0.2, -0.15) is 5.10 Å². The fourth-order valence-electron chi connectivity index (χ4n) is 3.08. The van der Waals surface area contributed by atoms with Crippen molar-refractivity contribution in [3.05, 3.63) is 46.0 Å². The summed E-state index contributed by atoms with van der Waals surface area (Å²) in [6.45, 7) is 3.34. The molecule has 23 heavy (non-hydrogen) atoms. The van der Waals surface area contributed by atoms with Gasteiger partial charge in [0, 0.05) is 43.2 Å². The second-order valence-electron chi connectivity index (χ2n) is 5.88. The molecular formula is C16H20Cl2N4O. The minimum Gasteiger partial charge on any atom is -0.394 e. The quantitative estimate of drug-likeness (QED) is 0.896. The van der Waals surface area contributed by atoms with Crippen molar-refractivity contribution in [1.29, 1.82) is 0 Å². The van der Waals surface area contributed by atoms with Crippen molar-refractivity contribution in [2.45, 2.75) is 31.8 Å². The second kappa shape index (κ2) is 7.62. The number of likely N-dealkylation sites (tertiary alicyclic amines) is 1. The molecule has 1 saturated heterocycles. The molecule has 1 unspecified atom stereocenters. The first-order valence-electron chi connectivity index (χ1n) is 7.82. The lowest BCUT2D eigenvalue weighted by Gasteiger charge is -2.32. The largest absolute Gasteiger partial charge is 0.394 e. The molecule has 5 nitrogen and oxygen atoms in total. The van der Waals surface area contributed by atoms with Crippen LogP contribution in [0, 0.1) is 0 Å². The Hall–Kier alpha value is -1.14. The highest BCUT2D eigenvalue weighted by molar-refractivity contribution is 6.35. The molecule has 2 aromatic heterocycles. The van der Waals surface area contributed by atoms with Gasteiger partial charge in [0.15, 0.2) is 0 Å². The Morgan fingerprint density at radius 2 is 2.04 bits per heavy atom. The number of piperidine rings is 1. The summed E-state index contributed by atoms with van der Waals surface area (Å²) in [5.74, 6) is 0.406. The summed E-state index contributed by atoms with van der Waals surface area (Å²) in [6.07, 6.45) is 7.46. The summed E-state index contributed by atoms with van der Waals surface area (Å²) in [4.78, 5) is 6.37. The van der Waals surface area contributed by atoms with E-state index in [4.69, 9.17) is 28.3 Å². The predicted molar refractivity (Wildman–Crippen MR) is 90.8 cm³/mol. The molecule has 0 bridgehead atoms. The van der Waals surface area contributed by atoms with E-state index in [0.717, 1.165) is 43.7 Å². The van der Waals surface area contributed by atoms with E-state index < -0.39 is 0 Å². The fourth-order valence-corrected chi connectivity index (χ4v) is 3.56. The van der Waals surface area contributed by atoms with Crippen LogP contribution in [0.5, 0.6) is 0 Å². The van der Waals surface area contributed by atoms with E-state index in [2.05, 4.69) is 21.0 Å². The molecular weight excluding hydrogens is 335 g/mol. The number of pyridine rings is 1. The highest BCUT2D eigenvalue weighted by Gasteiger charge is 2.24. The number of aliphatic hydroxyl groups is 1. The van der Waals surface area contributed by atoms with Crippen LogP contribution in [0.1, 0.15) is 30.0 Å². The molecule has 0 amide bonds. The van der Waals surface area contributed by atoms with E-state index in [-0.39, 0.29) is 6.61 Å². The molecule has 1 aliphatic heterocycles. The topological polar surface area (TPSA) is 54.2 Å². The van der Waals surface area contributed by atoms with Gasteiger partial charge in [-0.25, -0.2) is 0 Å². The normalized spacial score (nSPS) is 19.2. The molecule has 7 heteroatoms. The molecule has 0 radical (unpaired) electrons. The molecule has 1 aliphatic rings. The predicted octanol–water partition coefficient (Wildman–Crippen LogP) is 2.96. The Kier molecular flexibility index (Phi) is 5.54. The minimum absolute atomic E-state index is 0.108. The van der Waals surface area contributed by atoms with Crippen LogP contribution in [-0.4, -0.2) is 44.5 Å². The Morgan fingerprint density at radius 1 is 1.26 bits per heavy atom. The Morgan fingerprint density at radius 3 is 2.78 bits per heavy atom. The van der Waals surface area contributed by atoms with E-state index >= 15 is 0 Å². The third-order valence-electron chi connectivity index (χ3n) is 4.25. The summed E-state index contributed by atoms with van der Waals surface area (Å²) in [5, 5.41) is 14.8. The van der Waals surface area contributed by atoms with Crippen molar-refractivity contribution in [3.63, 3.8) is 0 Å². The van der Waals surface area contributed by atoms with Crippen molar-refractivity contribution in [3.8, 4) is 0 Å². The maximum Gasteiger partial charge on any atom is 0.0668 e. The molecule has 3 rings (SSSR count). The highest BCUT2D eigenvalue weighted by Crippen LogP contribution is 2.29. The lowest BCUT2D eigenvalue weighted by atomic mass is 9.94. The van der Waals surface area contributed by atoms with Crippen molar-refractivity contribution in [2.24, 2.45) is 0 Å². The van der Waals surface area contributed by atoms with Gasteiger partial charge in [-0.3, -0.25) is 14.6 Å². The van der Waals surface area contributed by atoms with Crippen LogP contribution >= 0.6 is 23.2 Å². The van der Waals surface area contributed by atoms with Crippen LogP contribution in [0.15, 0.2) is 24.7 Å². The average Bonchev–Trinajstić information content (AvgIpc) is 3.01. The molecule has 1 atom stereocenters.